The van der Waals surface area contributed by atoms with Crippen molar-refractivity contribution in [3.05, 3.63) is 51.9 Å². The van der Waals surface area contributed by atoms with Gasteiger partial charge >= 0.3 is 0 Å². The molecular weight excluding hydrogens is 461 g/mol. The van der Waals surface area contributed by atoms with Crippen LogP contribution in [0.1, 0.15) is 73.4 Å². The Morgan fingerprint density at radius 2 is 2.12 bits per heavy atom. The number of carbonyl (C=O) groups excluding carboxylic acids is 1. The van der Waals surface area contributed by atoms with Crippen LogP contribution in [0.25, 0.3) is 5.52 Å². The maximum atomic E-state index is 15.3. The Morgan fingerprint density at radius 3 is 2.76 bits per heavy atom. The predicted molar refractivity (Wildman–Crippen MR) is 128 cm³/mol. The van der Waals surface area contributed by atoms with Crippen LogP contribution >= 0.6 is 11.6 Å². The molecule has 0 bridgehead atoms. The second-order valence-electron chi connectivity index (χ2n) is 9.02. The summed E-state index contributed by atoms with van der Waals surface area (Å²) < 4.78 is 23.1. The summed E-state index contributed by atoms with van der Waals surface area (Å²) in [6.45, 7) is 7.30. The number of nitrogens with one attached hydrogen (secondary N) is 1. The first kappa shape index (κ1) is 24.2. The second-order valence-corrected chi connectivity index (χ2v) is 9.43. The van der Waals surface area contributed by atoms with E-state index in [0.29, 0.717) is 41.3 Å². The number of aliphatic hydroxyl groups is 1. The van der Waals surface area contributed by atoms with Gasteiger partial charge in [-0.3, -0.25) is 9.20 Å². The van der Waals surface area contributed by atoms with E-state index in [1.54, 1.807) is 26.2 Å². The number of benzene rings is 1. The molecule has 4 rings (SSSR count). The number of nitrogens with zero attached hydrogens (tertiary/aromatic N) is 3. The van der Waals surface area contributed by atoms with Crippen LogP contribution in [0.2, 0.25) is 5.02 Å². The Balaban J connectivity index is 1.86. The van der Waals surface area contributed by atoms with E-state index in [-0.39, 0.29) is 22.4 Å². The summed E-state index contributed by atoms with van der Waals surface area (Å²) in [6, 6.07) is 1.02. The van der Waals surface area contributed by atoms with Gasteiger partial charge in [-0.1, -0.05) is 18.5 Å². The summed E-state index contributed by atoms with van der Waals surface area (Å²) in [7, 11) is 0. The highest BCUT2D eigenvalue weighted by Crippen LogP contribution is 2.40. The standard InChI is InChI=1S/C24H29ClFN5O3/c1-11(2)34-21-14(12(3)23-29-13(4)20-22(27)28-8-9-31(20)23)10-15(25)19(26)18(21)24(33)30-16-6-5-7-17(16)32/h8-12,16-17,32H,5-7H2,1-4H3,(H2,27,28)(H,30,33)/t12-,16+,17+/m0/s1. The summed E-state index contributed by atoms with van der Waals surface area (Å²) in [5.41, 5.74) is 7.67. The van der Waals surface area contributed by atoms with Gasteiger partial charge in [0.05, 0.1) is 29.0 Å². The fourth-order valence-corrected chi connectivity index (χ4v) is 4.79. The minimum atomic E-state index is -0.865. The fourth-order valence-electron chi connectivity index (χ4n) is 4.58. The van der Waals surface area contributed by atoms with Crippen molar-refractivity contribution >= 4 is 28.8 Å². The first-order valence-corrected chi connectivity index (χ1v) is 11.7. The van der Waals surface area contributed by atoms with Crippen LogP contribution in [0.5, 0.6) is 5.75 Å². The van der Waals surface area contributed by atoms with E-state index in [1.165, 1.54) is 6.07 Å². The van der Waals surface area contributed by atoms with Gasteiger partial charge in [0.15, 0.2) is 5.82 Å². The quantitative estimate of drug-likeness (QED) is 0.482. The summed E-state index contributed by atoms with van der Waals surface area (Å²) in [4.78, 5) is 22.1. The molecular formula is C24H29ClFN5O3. The molecule has 3 aromatic rings. The number of anilines is 1. The molecule has 8 nitrogen and oxygen atoms in total. The van der Waals surface area contributed by atoms with Crippen molar-refractivity contribution in [2.75, 3.05) is 5.73 Å². The molecule has 2 heterocycles. The van der Waals surface area contributed by atoms with E-state index in [0.717, 1.165) is 6.42 Å². The lowest BCUT2D eigenvalue weighted by Crippen LogP contribution is -2.40. The summed E-state index contributed by atoms with van der Waals surface area (Å²) in [5.74, 6) is -0.903. The number of hydrogen-bond donors (Lipinski definition) is 3. The van der Waals surface area contributed by atoms with Crippen molar-refractivity contribution in [1.29, 1.82) is 0 Å². The van der Waals surface area contributed by atoms with Crippen molar-refractivity contribution in [3.8, 4) is 5.75 Å². The average Bonchev–Trinajstić information content (AvgIpc) is 3.33. The lowest BCUT2D eigenvalue weighted by Gasteiger charge is -2.24. The predicted octanol–water partition coefficient (Wildman–Crippen LogP) is 3.99. The zero-order valence-electron chi connectivity index (χ0n) is 19.6. The molecule has 182 valence electrons. The number of ether oxygens (including phenoxy) is 1. The van der Waals surface area contributed by atoms with Crippen molar-refractivity contribution in [1.82, 2.24) is 19.7 Å². The van der Waals surface area contributed by atoms with E-state index in [2.05, 4.69) is 15.3 Å². The highest BCUT2D eigenvalue weighted by Gasteiger charge is 2.33. The molecule has 1 fully saturated rings. The molecule has 0 saturated heterocycles. The lowest BCUT2D eigenvalue weighted by molar-refractivity contribution is 0.0863. The molecule has 1 saturated carbocycles. The molecule has 3 atom stereocenters. The Bertz CT molecular complexity index is 1250. The van der Waals surface area contributed by atoms with Gasteiger partial charge in [0, 0.05) is 23.9 Å². The Hall–Kier alpha value is -2.91. The number of imidazole rings is 1. The van der Waals surface area contributed by atoms with Crippen LogP contribution in [0, 0.1) is 12.7 Å². The molecule has 0 spiro atoms. The number of rotatable bonds is 6. The minimum absolute atomic E-state index is 0.103. The van der Waals surface area contributed by atoms with E-state index >= 15 is 4.39 Å². The first-order chi connectivity index (χ1) is 16.1. The van der Waals surface area contributed by atoms with Crippen LogP contribution in [-0.2, 0) is 0 Å². The Labute approximate surface area is 202 Å². The summed E-state index contributed by atoms with van der Waals surface area (Å²) in [6.07, 6.45) is 4.31. The number of aliphatic hydroxyl groups excluding tert-OH is 1. The third-order valence-corrected chi connectivity index (χ3v) is 6.49. The van der Waals surface area contributed by atoms with E-state index in [9.17, 15) is 9.90 Å². The number of nitrogen functional groups attached to an aromatic ring is 1. The third kappa shape index (κ3) is 4.30. The fraction of sp³-hybridized carbons (Fsp3) is 0.458. The maximum Gasteiger partial charge on any atom is 0.258 e. The van der Waals surface area contributed by atoms with Gasteiger partial charge in [0.25, 0.3) is 5.91 Å². The van der Waals surface area contributed by atoms with Crippen molar-refractivity contribution in [2.24, 2.45) is 0 Å². The molecule has 34 heavy (non-hydrogen) atoms. The summed E-state index contributed by atoms with van der Waals surface area (Å²) >= 11 is 6.28. The number of hydrogen-bond acceptors (Lipinski definition) is 6. The lowest BCUT2D eigenvalue weighted by atomic mass is 9.95. The Kier molecular flexibility index (Phi) is 6.69. The van der Waals surface area contributed by atoms with Crippen molar-refractivity contribution in [3.63, 3.8) is 0 Å². The van der Waals surface area contributed by atoms with Gasteiger partial charge in [-0.25, -0.2) is 14.4 Å². The number of aromatic nitrogens is 3. The Morgan fingerprint density at radius 1 is 1.38 bits per heavy atom. The van der Waals surface area contributed by atoms with E-state index in [1.807, 2.05) is 18.2 Å². The number of amides is 1. The number of nitrogens with two attached hydrogens (primary N) is 1. The van der Waals surface area contributed by atoms with Gasteiger partial charge in [0.1, 0.15) is 28.5 Å². The normalized spacial score (nSPS) is 19.1. The molecule has 1 amide bonds. The van der Waals surface area contributed by atoms with Crippen LogP contribution < -0.4 is 15.8 Å². The SMILES string of the molecule is Cc1nc([C@@H](C)c2cc(Cl)c(F)c(C(=O)N[C@@H]3CCC[C@H]3O)c2OC(C)C)n2ccnc(N)c12. The van der Waals surface area contributed by atoms with Crippen molar-refractivity contribution in [2.45, 2.75) is 71.1 Å². The largest absolute Gasteiger partial charge is 0.490 e. The number of aryl methyl sites for hydroxylation is 1. The smallest absolute Gasteiger partial charge is 0.258 e. The first-order valence-electron chi connectivity index (χ1n) is 11.4. The number of fused-ring (bicyclic) bond motifs is 1. The third-order valence-electron chi connectivity index (χ3n) is 6.22. The van der Waals surface area contributed by atoms with E-state index < -0.39 is 29.8 Å². The summed E-state index contributed by atoms with van der Waals surface area (Å²) in [5, 5.41) is 12.7. The van der Waals surface area contributed by atoms with Gasteiger partial charge in [-0.15, -0.1) is 0 Å². The molecule has 0 unspecified atom stereocenters. The van der Waals surface area contributed by atoms with Crippen molar-refractivity contribution < 1.29 is 19.0 Å². The van der Waals surface area contributed by atoms with Gasteiger partial charge < -0.3 is 20.9 Å². The molecule has 10 heteroatoms. The van der Waals surface area contributed by atoms with Crippen LogP contribution in [0.4, 0.5) is 10.2 Å². The van der Waals surface area contributed by atoms with Gasteiger partial charge in [-0.05, 0) is 46.1 Å². The highest BCUT2D eigenvalue weighted by atomic mass is 35.5. The molecule has 0 radical (unpaired) electrons. The molecule has 1 aliphatic carbocycles. The molecule has 1 aromatic carbocycles. The molecule has 0 aliphatic heterocycles. The average molecular weight is 490 g/mol. The molecule has 2 aromatic heterocycles. The van der Waals surface area contributed by atoms with Crippen LogP contribution in [0.3, 0.4) is 0 Å². The van der Waals surface area contributed by atoms with Gasteiger partial charge in [0.2, 0.25) is 0 Å². The zero-order valence-corrected chi connectivity index (χ0v) is 20.4. The highest BCUT2D eigenvalue weighted by molar-refractivity contribution is 6.31. The molecule has 4 N–H and O–H groups in total. The topological polar surface area (TPSA) is 115 Å². The van der Waals surface area contributed by atoms with Gasteiger partial charge in [-0.2, -0.15) is 0 Å². The zero-order chi connectivity index (χ0) is 24.7. The maximum absolute atomic E-state index is 15.3. The number of carbonyl (C=O) groups is 1. The molecule has 1 aliphatic rings. The van der Waals surface area contributed by atoms with Crippen LogP contribution in [-0.4, -0.2) is 43.6 Å². The number of halogens is 2. The van der Waals surface area contributed by atoms with E-state index in [4.69, 9.17) is 22.1 Å². The second kappa shape index (κ2) is 9.38. The van der Waals surface area contributed by atoms with Crippen LogP contribution in [0.15, 0.2) is 18.5 Å². The monoisotopic (exact) mass is 489 g/mol. The minimum Gasteiger partial charge on any atom is -0.490 e.